The third-order valence-electron chi connectivity index (χ3n) is 9.82. The predicted molar refractivity (Wildman–Crippen MR) is 177 cm³/mol. The van der Waals surface area contributed by atoms with Crippen LogP contribution in [-0.4, -0.2) is 59.3 Å². The number of carbonyl (C=O) groups is 2. The molecule has 5 rings (SSSR count). The van der Waals surface area contributed by atoms with Gasteiger partial charge in [0.25, 0.3) is 6.47 Å². The maximum absolute atomic E-state index is 14.5. The molecule has 3 aromatic carbocycles. The summed E-state index contributed by atoms with van der Waals surface area (Å²) in [4.78, 5) is 27.4. The summed E-state index contributed by atoms with van der Waals surface area (Å²) in [6.07, 6.45) is 5.73. The minimum Gasteiger partial charge on any atom is -0.478 e. The smallest absolute Gasteiger partial charge is 0.335 e. The summed E-state index contributed by atoms with van der Waals surface area (Å²) >= 11 is 0. The molecule has 238 valence electrons. The zero-order valence-corrected chi connectivity index (χ0v) is 27.0. The first-order chi connectivity index (χ1) is 21.6. The first kappa shape index (κ1) is 32.2. The van der Waals surface area contributed by atoms with Crippen molar-refractivity contribution < 1.29 is 23.8 Å². The number of rotatable bonds is 12. The highest BCUT2D eigenvalue weighted by Gasteiger charge is 2.38. The fraction of sp³-hybridized carbons (Fsp3) is 0.405. The van der Waals surface area contributed by atoms with Crippen molar-refractivity contribution in [2.75, 3.05) is 31.6 Å². The van der Waals surface area contributed by atoms with Gasteiger partial charge in [-0.15, -0.1) is 0 Å². The Kier molecular flexibility index (Phi) is 9.63. The lowest BCUT2D eigenvalue weighted by Gasteiger charge is -2.42. The van der Waals surface area contributed by atoms with Gasteiger partial charge in [-0.05, 0) is 90.9 Å². The van der Waals surface area contributed by atoms with E-state index in [0.29, 0.717) is 37.5 Å². The maximum atomic E-state index is 14.5. The second-order valence-electron chi connectivity index (χ2n) is 12.5. The molecule has 0 atom stereocenters. The highest BCUT2D eigenvalue weighted by molar-refractivity contribution is 5.99. The Morgan fingerprint density at radius 2 is 1.71 bits per heavy atom. The number of piperidine rings is 1. The van der Waals surface area contributed by atoms with Crippen molar-refractivity contribution in [2.45, 2.75) is 71.6 Å². The first-order valence-corrected chi connectivity index (χ1v) is 15.9. The van der Waals surface area contributed by atoms with Gasteiger partial charge in [0.15, 0.2) is 0 Å². The van der Waals surface area contributed by atoms with Crippen molar-refractivity contribution in [3.63, 3.8) is 0 Å². The zero-order valence-electron chi connectivity index (χ0n) is 27.0. The third kappa shape index (κ3) is 6.47. The van der Waals surface area contributed by atoms with Crippen LogP contribution >= 0.6 is 0 Å². The van der Waals surface area contributed by atoms with Gasteiger partial charge in [-0.1, -0.05) is 32.0 Å². The summed E-state index contributed by atoms with van der Waals surface area (Å²) in [6.45, 7) is 11.6. The van der Waals surface area contributed by atoms with Gasteiger partial charge >= 0.3 is 5.97 Å². The van der Waals surface area contributed by atoms with Gasteiger partial charge < -0.3 is 19.3 Å². The molecular formula is C37H44FN3O4. The molecule has 1 aromatic heterocycles. The Bertz CT molecular complexity index is 1670. The number of ether oxygens (including phenoxy) is 1. The van der Waals surface area contributed by atoms with E-state index in [9.17, 15) is 19.1 Å². The lowest BCUT2D eigenvalue weighted by molar-refractivity contribution is -0.147. The molecule has 0 bridgehead atoms. The van der Waals surface area contributed by atoms with Crippen LogP contribution in [0.2, 0.25) is 0 Å². The molecule has 0 saturated carbocycles. The van der Waals surface area contributed by atoms with E-state index in [2.05, 4.69) is 47.7 Å². The van der Waals surface area contributed by atoms with Gasteiger partial charge in [-0.3, -0.25) is 9.69 Å². The molecule has 45 heavy (non-hydrogen) atoms. The Balaban J connectivity index is 1.42. The fourth-order valence-electron chi connectivity index (χ4n) is 6.96. The van der Waals surface area contributed by atoms with Crippen LogP contribution in [0.25, 0.3) is 22.0 Å². The van der Waals surface area contributed by atoms with Crippen LogP contribution in [0.15, 0.2) is 60.8 Å². The number of carboxylic acids is 1. The summed E-state index contributed by atoms with van der Waals surface area (Å²) in [5.74, 6) is -1.15. The van der Waals surface area contributed by atoms with Crippen molar-refractivity contribution in [1.82, 2.24) is 9.47 Å². The lowest BCUT2D eigenvalue weighted by Crippen LogP contribution is -2.51. The number of fused-ring (bicyclic) bond motifs is 1. The zero-order chi connectivity index (χ0) is 32.3. The molecule has 4 aromatic rings. The van der Waals surface area contributed by atoms with Crippen LogP contribution in [0.4, 0.5) is 10.1 Å². The number of carboxylic acid groups (broad SMARTS) is 1. The molecule has 2 heterocycles. The van der Waals surface area contributed by atoms with Gasteiger partial charge in [0.1, 0.15) is 11.4 Å². The van der Waals surface area contributed by atoms with Gasteiger partial charge in [0.05, 0.1) is 12.1 Å². The number of hydrogen-bond acceptors (Lipinski definition) is 5. The summed E-state index contributed by atoms with van der Waals surface area (Å²) in [7, 11) is 1.94. The molecule has 0 spiro atoms. The van der Waals surface area contributed by atoms with Crippen LogP contribution in [0.3, 0.4) is 0 Å². The number of nitrogens with zero attached hydrogens (tertiary/aromatic N) is 3. The van der Waals surface area contributed by atoms with Crippen LogP contribution in [-0.2, 0) is 16.1 Å². The second kappa shape index (κ2) is 13.4. The summed E-state index contributed by atoms with van der Waals surface area (Å²) in [5.41, 5.74) is 6.71. The number of likely N-dealkylation sites (tertiary alicyclic amines) is 1. The third-order valence-corrected chi connectivity index (χ3v) is 9.82. The minimum absolute atomic E-state index is 0.185. The number of aromatic nitrogens is 1. The molecule has 8 heteroatoms. The van der Waals surface area contributed by atoms with Crippen molar-refractivity contribution in [2.24, 2.45) is 0 Å². The molecule has 0 unspecified atom stereocenters. The van der Waals surface area contributed by atoms with E-state index in [0.717, 1.165) is 54.9 Å². The van der Waals surface area contributed by atoms with Crippen molar-refractivity contribution in [1.29, 1.82) is 0 Å². The van der Waals surface area contributed by atoms with E-state index in [1.54, 1.807) is 30.3 Å². The summed E-state index contributed by atoms with van der Waals surface area (Å²) in [6, 6.07) is 17.1. The molecule has 1 aliphatic rings. The number of carbonyl (C=O) groups excluding carboxylic acids is 1. The fourth-order valence-corrected chi connectivity index (χ4v) is 6.96. The molecule has 7 nitrogen and oxygen atoms in total. The van der Waals surface area contributed by atoms with E-state index in [-0.39, 0.29) is 11.4 Å². The van der Waals surface area contributed by atoms with Gasteiger partial charge in [-0.2, -0.15) is 0 Å². The molecular weight excluding hydrogens is 569 g/mol. The molecule has 1 fully saturated rings. The first-order valence-electron chi connectivity index (χ1n) is 15.9. The predicted octanol–water partition coefficient (Wildman–Crippen LogP) is 7.77. The van der Waals surface area contributed by atoms with Crippen LogP contribution in [0.5, 0.6) is 0 Å². The van der Waals surface area contributed by atoms with Crippen molar-refractivity contribution in [3.8, 4) is 11.1 Å². The maximum Gasteiger partial charge on any atom is 0.335 e. The van der Waals surface area contributed by atoms with Crippen molar-refractivity contribution in [3.05, 3.63) is 88.9 Å². The van der Waals surface area contributed by atoms with Gasteiger partial charge in [0.2, 0.25) is 0 Å². The Morgan fingerprint density at radius 1 is 1.02 bits per heavy atom. The summed E-state index contributed by atoms with van der Waals surface area (Å²) < 4.78 is 22.7. The van der Waals surface area contributed by atoms with Crippen molar-refractivity contribution >= 4 is 29.0 Å². The number of benzene rings is 3. The number of anilines is 1. The number of hydrogen-bond donors (Lipinski definition) is 1. The summed E-state index contributed by atoms with van der Waals surface area (Å²) in [5, 5.41) is 10.5. The minimum atomic E-state index is -0.963. The standard InChI is InChI=1S/C37H44FN3O4/c1-6-29(7-2)41-22-28(35-32(9-8-10-34(35)41)31-15-16-33(38)26(4)25(31)3)21-40-19-17-37(18-20-40,45-24-42)23-39(5)30-13-11-27(12-14-30)36(43)44/h8-16,22,24,29H,6-7,17-21,23H2,1-5H3,(H,43,44). The average Bonchev–Trinajstić information content (AvgIpc) is 3.40. The van der Waals surface area contributed by atoms with Gasteiger partial charge in [0, 0.05) is 68.4 Å². The van der Waals surface area contributed by atoms with Crippen LogP contribution < -0.4 is 4.90 Å². The number of likely N-dealkylation sites (N-methyl/N-ethyl adjacent to an activating group) is 1. The van der Waals surface area contributed by atoms with E-state index in [1.165, 1.54) is 16.5 Å². The highest BCUT2D eigenvalue weighted by Crippen LogP contribution is 2.39. The van der Waals surface area contributed by atoms with E-state index in [1.807, 2.05) is 31.9 Å². The normalized spacial score (nSPS) is 15.0. The van der Waals surface area contributed by atoms with Gasteiger partial charge in [-0.25, -0.2) is 9.18 Å². The number of aromatic carboxylic acids is 1. The van der Waals surface area contributed by atoms with Crippen LogP contribution in [0.1, 0.15) is 72.6 Å². The SMILES string of the molecule is CCC(CC)n1cc(CN2CCC(CN(C)c3ccc(C(=O)O)cc3)(OC=O)CC2)c2c(-c3ccc(F)c(C)c3C)cccc21. The van der Waals surface area contributed by atoms with E-state index in [4.69, 9.17) is 4.74 Å². The Hall–Kier alpha value is -4.17. The Morgan fingerprint density at radius 3 is 2.33 bits per heavy atom. The lowest BCUT2D eigenvalue weighted by atomic mass is 9.89. The molecule has 1 aliphatic heterocycles. The average molecular weight is 614 g/mol. The van der Waals surface area contributed by atoms with Crippen LogP contribution in [0, 0.1) is 19.7 Å². The highest BCUT2D eigenvalue weighted by atomic mass is 19.1. The quantitative estimate of drug-likeness (QED) is 0.165. The molecule has 0 radical (unpaired) electrons. The second-order valence-corrected chi connectivity index (χ2v) is 12.5. The number of halogens is 1. The topological polar surface area (TPSA) is 75.0 Å². The van der Waals surface area contributed by atoms with E-state index < -0.39 is 11.6 Å². The van der Waals surface area contributed by atoms with E-state index >= 15 is 0 Å². The largest absolute Gasteiger partial charge is 0.478 e. The molecule has 1 N–H and O–H groups in total. The molecule has 1 saturated heterocycles. The monoisotopic (exact) mass is 613 g/mol. The Labute approximate surface area is 265 Å². The molecule has 0 aliphatic carbocycles. The molecule has 0 amide bonds.